The van der Waals surface area contributed by atoms with E-state index in [0.717, 1.165) is 42.0 Å². The minimum atomic E-state index is -0.828. The van der Waals surface area contributed by atoms with E-state index in [-0.39, 0.29) is 12.3 Å². The van der Waals surface area contributed by atoms with Crippen LogP contribution < -0.4 is 9.47 Å². The molecule has 3 aromatic rings. The molecule has 0 radical (unpaired) electrons. The number of carboxylic acids is 1. The maximum Gasteiger partial charge on any atom is 0.304 e. The first-order valence-electron chi connectivity index (χ1n) is 13.3. The highest BCUT2D eigenvalue weighted by Gasteiger charge is 2.30. The topological polar surface area (TPSA) is 92.4 Å². The summed E-state index contributed by atoms with van der Waals surface area (Å²) in [6.07, 6.45) is 4.92. The molecule has 0 fully saturated rings. The van der Waals surface area contributed by atoms with Gasteiger partial charge in [0.05, 0.1) is 30.2 Å². The molecule has 2 heterocycles. The number of aliphatic carboxylic acids is 1. The van der Waals surface area contributed by atoms with Gasteiger partial charge in [-0.2, -0.15) is 5.26 Å². The molecule has 2 aliphatic rings. The zero-order valence-electron chi connectivity index (χ0n) is 22.5. The summed E-state index contributed by atoms with van der Waals surface area (Å²) in [6, 6.07) is 15.1. The number of aryl methyl sites for hydroxylation is 2. The Kier molecular flexibility index (Phi) is 6.88. The maximum atomic E-state index is 11.1. The largest absolute Gasteiger partial charge is 0.492 e. The van der Waals surface area contributed by atoms with Crippen molar-refractivity contribution in [1.29, 1.82) is 5.26 Å². The van der Waals surface area contributed by atoms with Crippen molar-refractivity contribution in [2.45, 2.75) is 65.2 Å². The molecule has 0 saturated heterocycles. The Labute approximate surface area is 224 Å². The number of pyridine rings is 1. The zero-order valence-corrected chi connectivity index (χ0v) is 22.5. The van der Waals surface area contributed by atoms with E-state index >= 15 is 0 Å². The molecule has 1 unspecified atom stereocenters. The van der Waals surface area contributed by atoms with E-state index < -0.39 is 11.4 Å². The molecule has 1 N–H and O–H groups in total. The Hall–Kier alpha value is -3.85. The standard InChI is InChI=1S/C32H34N2O4/c1-19-10-24(38-18-32(3,4)17-33)11-20(2)30(19)27-7-5-6-25-22(8-9-26(25)27)12-21-13-28-31(34-15-21)23(16-37-28)14-29(35)36/h5-7,10-11,13,15,22-23H,8-9,12,14,16,18H2,1-4H3,(H,35,36)/t22-,23?/m0/s1. The van der Waals surface area contributed by atoms with Crippen molar-refractivity contribution < 1.29 is 19.4 Å². The van der Waals surface area contributed by atoms with Crippen molar-refractivity contribution in [3.8, 4) is 28.7 Å². The van der Waals surface area contributed by atoms with Gasteiger partial charge >= 0.3 is 5.97 Å². The molecule has 0 spiro atoms. The zero-order chi connectivity index (χ0) is 27.0. The van der Waals surface area contributed by atoms with Crippen molar-refractivity contribution in [3.63, 3.8) is 0 Å². The van der Waals surface area contributed by atoms with Crippen LogP contribution in [0.1, 0.15) is 72.0 Å². The average Bonchev–Trinajstić information content (AvgIpc) is 3.46. The van der Waals surface area contributed by atoms with Crippen LogP contribution in [0.15, 0.2) is 42.6 Å². The molecule has 2 aromatic carbocycles. The lowest BCUT2D eigenvalue weighted by Gasteiger charge is -2.20. The number of hydrogen-bond donors (Lipinski definition) is 1. The maximum absolute atomic E-state index is 11.1. The fourth-order valence-corrected chi connectivity index (χ4v) is 5.86. The Bertz CT molecular complexity index is 1410. The Morgan fingerprint density at radius 3 is 2.68 bits per heavy atom. The minimum Gasteiger partial charge on any atom is -0.492 e. The Morgan fingerprint density at radius 1 is 1.21 bits per heavy atom. The van der Waals surface area contributed by atoms with Crippen LogP contribution in [0.2, 0.25) is 0 Å². The average molecular weight is 511 g/mol. The molecule has 5 rings (SSSR count). The molecule has 1 aromatic heterocycles. The first kappa shape index (κ1) is 25.8. The summed E-state index contributed by atoms with van der Waals surface area (Å²) in [5.41, 5.74) is 9.04. The number of ether oxygens (including phenoxy) is 2. The van der Waals surface area contributed by atoms with Crippen LogP contribution in [-0.4, -0.2) is 29.3 Å². The van der Waals surface area contributed by atoms with E-state index in [2.05, 4.69) is 55.2 Å². The number of nitrogens with zero attached hydrogens (tertiary/aromatic N) is 2. The van der Waals surface area contributed by atoms with Gasteiger partial charge in [-0.1, -0.05) is 18.2 Å². The molecule has 2 atom stereocenters. The summed E-state index contributed by atoms with van der Waals surface area (Å²) in [6.45, 7) is 8.76. The van der Waals surface area contributed by atoms with Crippen molar-refractivity contribution >= 4 is 5.97 Å². The van der Waals surface area contributed by atoms with Crippen LogP contribution in [0.25, 0.3) is 11.1 Å². The van der Waals surface area contributed by atoms with Crippen LogP contribution in [0.4, 0.5) is 0 Å². The van der Waals surface area contributed by atoms with E-state index in [4.69, 9.17) is 14.6 Å². The van der Waals surface area contributed by atoms with Gasteiger partial charge in [-0.25, -0.2) is 0 Å². The third kappa shape index (κ3) is 5.11. The molecule has 0 saturated carbocycles. The first-order chi connectivity index (χ1) is 18.1. The monoisotopic (exact) mass is 510 g/mol. The highest BCUT2D eigenvalue weighted by atomic mass is 16.5. The third-order valence-corrected chi connectivity index (χ3v) is 7.74. The quantitative estimate of drug-likeness (QED) is 0.371. The molecular weight excluding hydrogens is 476 g/mol. The highest BCUT2D eigenvalue weighted by molar-refractivity contribution is 5.76. The smallest absolute Gasteiger partial charge is 0.304 e. The summed E-state index contributed by atoms with van der Waals surface area (Å²) in [5, 5.41) is 18.5. The lowest BCUT2D eigenvalue weighted by atomic mass is 9.88. The summed E-state index contributed by atoms with van der Waals surface area (Å²) in [5.74, 6) is 0.929. The van der Waals surface area contributed by atoms with Gasteiger partial charge in [0, 0.05) is 12.1 Å². The predicted molar refractivity (Wildman–Crippen MR) is 146 cm³/mol. The van der Waals surface area contributed by atoms with Gasteiger partial charge in [-0.05, 0) is 110 Å². The van der Waals surface area contributed by atoms with Crippen LogP contribution >= 0.6 is 0 Å². The van der Waals surface area contributed by atoms with E-state index in [1.165, 1.54) is 33.4 Å². The third-order valence-electron chi connectivity index (χ3n) is 7.74. The summed E-state index contributed by atoms with van der Waals surface area (Å²) < 4.78 is 11.8. The van der Waals surface area contributed by atoms with Crippen molar-refractivity contribution in [2.24, 2.45) is 5.41 Å². The number of nitriles is 1. The van der Waals surface area contributed by atoms with Crippen molar-refractivity contribution in [2.75, 3.05) is 13.2 Å². The molecule has 0 amide bonds. The lowest BCUT2D eigenvalue weighted by Crippen LogP contribution is -2.19. The number of fused-ring (bicyclic) bond motifs is 2. The second-order valence-electron chi connectivity index (χ2n) is 11.4. The normalized spacial score (nSPS) is 17.9. The molecular formula is C32H34N2O4. The van der Waals surface area contributed by atoms with Gasteiger partial charge in [-0.15, -0.1) is 0 Å². The second-order valence-corrected chi connectivity index (χ2v) is 11.4. The van der Waals surface area contributed by atoms with Crippen LogP contribution in [0.3, 0.4) is 0 Å². The van der Waals surface area contributed by atoms with Gasteiger partial charge in [0.25, 0.3) is 0 Å². The molecule has 38 heavy (non-hydrogen) atoms. The van der Waals surface area contributed by atoms with Crippen LogP contribution in [0, 0.1) is 30.6 Å². The van der Waals surface area contributed by atoms with Gasteiger partial charge in [0.15, 0.2) is 0 Å². The highest BCUT2D eigenvalue weighted by Crippen LogP contribution is 2.43. The number of rotatable bonds is 8. The predicted octanol–water partition coefficient (Wildman–Crippen LogP) is 6.52. The molecule has 0 bridgehead atoms. The molecule has 196 valence electrons. The Balaban J connectivity index is 1.37. The van der Waals surface area contributed by atoms with E-state index in [9.17, 15) is 10.1 Å². The minimum absolute atomic E-state index is 0.0436. The van der Waals surface area contributed by atoms with Crippen LogP contribution in [0.5, 0.6) is 11.5 Å². The fourth-order valence-electron chi connectivity index (χ4n) is 5.86. The first-order valence-corrected chi connectivity index (χ1v) is 13.3. The summed E-state index contributed by atoms with van der Waals surface area (Å²) in [7, 11) is 0. The van der Waals surface area contributed by atoms with Crippen molar-refractivity contribution in [3.05, 3.63) is 76.1 Å². The van der Waals surface area contributed by atoms with Gasteiger partial charge < -0.3 is 14.6 Å². The van der Waals surface area contributed by atoms with Gasteiger partial charge in [0.2, 0.25) is 0 Å². The molecule has 1 aliphatic heterocycles. The molecule has 6 heteroatoms. The summed E-state index contributed by atoms with van der Waals surface area (Å²) in [4.78, 5) is 15.8. The summed E-state index contributed by atoms with van der Waals surface area (Å²) >= 11 is 0. The van der Waals surface area contributed by atoms with E-state index in [0.29, 0.717) is 19.1 Å². The number of carboxylic acid groups (broad SMARTS) is 1. The van der Waals surface area contributed by atoms with Gasteiger partial charge in [0.1, 0.15) is 18.1 Å². The second kappa shape index (κ2) is 10.1. The fraction of sp³-hybridized carbons (Fsp3) is 0.406. The number of aromatic nitrogens is 1. The molecule has 1 aliphatic carbocycles. The molecule has 6 nitrogen and oxygen atoms in total. The van der Waals surface area contributed by atoms with Gasteiger partial charge in [-0.3, -0.25) is 9.78 Å². The van der Waals surface area contributed by atoms with Crippen LogP contribution in [-0.2, 0) is 17.6 Å². The Morgan fingerprint density at radius 2 is 1.97 bits per heavy atom. The number of benzene rings is 2. The van der Waals surface area contributed by atoms with Crippen molar-refractivity contribution in [1.82, 2.24) is 4.98 Å². The van der Waals surface area contributed by atoms with E-state index in [1.807, 2.05) is 26.1 Å². The number of hydrogen-bond acceptors (Lipinski definition) is 5. The lowest BCUT2D eigenvalue weighted by molar-refractivity contribution is -0.137. The van der Waals surface area contributed by atoms with E-state index in [1.54, 1.807) is 0 Å². The number of carbonyl (C=O) groups is 1. The SMILES string of the molecule is Cc1cc(OCC(C)(C)C#N)cc(C)c1-c1cccc2c1CC[C@H]2Cc1cnc2c(c1)OCC2CC(=O)O.